The Bertz CT molecular complexity index is 283. The van der Waals surface area contributed by atoms with E-state index >= 15 is 0 Å². The van der Waals surface area contributed by atoms with E-state index in [1.165, 1.54) is 29.5 Å². The van der Waals surface area contributed by atoms with Crippen LogP contribution in [0.2, 0.25) is 0 Å². The Balaban J connectivity index is 2.51. The van der Waals surface area contributed by atoms with Crippen molar-refractivity contribution in [3.8, 4) is 0 Å². The van der Waals surface area contributed by atoms with Crippen molar-refractivity contribution in [2.45, 2.75) is 39.5 Å². The molecule has 0 spiro atoms. The molecule has 0 saturated heterocycles. The third-order valence-electron chi connectivity index (χ3n) is 2.72. The first-order valence-electron chi connectivity index (χ1n) is 4.76. The number of rotatable bonds is 1. The van der Waals surface area contributed by atoms with Crippen LogP contribution in [0.25, 0.3) is 0 Å². The molecule has 0 radical (unpaired) electrons. The molecule has 12 heavy (non-hydrogen) atoms. The van der Waals surface area contributed by atoms with Gasteiger partial charge in [-0.15, -0.1) is 0 Å². The molecule has 1 aromatic carbocycles. The van der Waals surface area contributed by atoms with E-state index in [4.69, 9.17) is 0 Å². The Morgan fingerprint density at radius 2 is 1.50 bits per heavy atom. The van der Waals surface area contributed by atoms with Crippen LogP contribution in [0.3, 0.4) is 0 Å². The summed E-state index contributed by atoms with van der Waals surface area (Å²) in [6.45, 7) is 6.66. The zero-order valence-electron chi connectivity index (χ0n) is 8.15. The minimum atomic E-state index is 0.894. The van der Waals surface area contributed by atoms with Crippen molar-refractivity contribution < 1.29 is 0 Å². The number of hydrogen-bond acceptors (Lipinski definition) is 0. The van der Waals surface area contributed by atoms with Gasteiger partial charge in [0.1, 0.15) is 0 Å². The fourth-order valence-electron chi connectivity index (χ4n) is 2.21. The highest BCUT2D eigenvalue weighted by atomic mass is 14.3. The van der Waals surface area contributed by atoms with Crippen molar-refractivity contribution in [3.63, 3.8) is 0 Å². The first kappa shape index (κ1) is 7.85. The fraction of sp³-hybridized carbons (Fsp3) is 0.500. The minimum absolute atomic E-state index is 0.894. The average molecular weight is 160 g/mol. The van der Waals surface area contributed by atoms with Gasteiger partial charge < -0.3 is 0 Å². The molecule has 0 atom stereocenters. The van der Waals surface area contributed by atoms with E-state index in [1.54, 1.807) is 5.56 Å². The summed E-state index contributed by atoms with van der Waals surface area (Å²) in [5.74, 6) is 0.894. The number of benzene rings is 1. The monoisotopic (exact) mass is 160 g/mol. The lowest BCUT2D eigenvalue weighted by molar-refractivity contribution is 1.06. The topological polar surface area (TPSA) is 0 Å². The first-order chi connectivity index (χ1) is 5.68. The summed E-state index contributed by atoms with van der Waals surface area (Å²) in [5.41, 5.74) is 6.01. The summed E-state index contributed by atoms with van der Waals surface area (Å²) < 4.78 is 0. The van der Waals surface area contributed by atoms with Gasteiger partial charge >= 0.3 is 0 Å². The zero-order chi connectivity index (χ0) is 8.72. The lowest BCUT2D eigenvalue weighted by Crippen LogP contribution is -1.91. The summed E-state index contributed by atoms with van der Waals surface area (Å²) in [6.07, 6.45) is 2.81. The maximum absolute atomic E-state index is 2.31. The molecule has 1 saturated carbocycles. The molecule has 0 heterocycles. The van der Waals surface area contributed by atoms with Crippen LogP contribution < -0.4 is 0 Å². The molecule has 64 valence electrons. The lowest BCUT2D eigenvalue weighted by atomic mass is 9.96. The van der Waals surface area contributed by atoms with Gasteiger partial charge in [0.15, 0.2) is 0 Å². The first-order valence-corrected chi connectivity index (χ1v) is 4.76. The minimum Gasteiger partial charge on any atom is -0.0561 e. The van der Waals surface area contributed by atoms with Gasteiger partial charge in [-0.2, -0.15) is 0 Å². The third-order valence-corrected chi connectivity index (χ3v) is 2.72. The molecular formula is C12H16. The summed E-state index contributed by atoms with van der Waals surface area (Å²) in [5, 5.41) is 0. The Hall–Kier alpha value is -0.780. The Labute approximate surface area is 74.6 Å². The third kappa shape index (κ3) is 1.26. The SMILES string of the molecule is Cc1cc(C)c(C2CC2)c(C)c1. The summed E-state index contributed by atoms with van der Waals surface area (Å²) in [6, 6.07) is 4.61. The standard InChI is InChI=1S/C12H16/c1-8-6-9(2)12(10(3)7-8)11-4-5-11/h6-7,11H,4-5H2,1-3H3. The van der Waals surface area contributed by atoms with Crippen molar-refractivity contribution in [2.24, 2.45) is 0 Å². The quantitative estimate of drug-likeness (QED) is 0.590. The number of hydrogen-bond donors (Lipinski definition) is 0. The predicted molar refractivity (Wildman–Crippen MR) is 52.6 cm³/mol. The summed E-state index contributed by atoms with van der Waals surface area (Å²) >= 11 is 0. The van der Waals surface area contributed by atoms with E-state index in [0.717, 1.165) is 5.92 Å². The van der Waals surface area contributed by atoms with Crippen molar-refractivity contribution in [3.05, 3.63) is 34.4 Å². The highest BCUT2D eigenvalue weighted by Crippen LogP contribution is 2.43. The molecule has 1 fully saturated rings. The largest absolute Gasteiger partial charge is 0.0561 e. The smallest absolute Gasteiger partial charge is 0.0156 e. The predicted octanol–water partition coefficient (Wildman–Crippen LogP) is 3.49. The van der Waals surface area contributed by atoms with Crippen LogP contribution in [0.15, 0.2) is 12.1 Å². The van der Waals surface area contributed by atoms with Crippen LogP contribution in [0.1, 0.15) is 41.0 Å². The van der Waals surface area contributed by atoms with Gasteiger partial charge in [0.25, 0.3) is 0 Å². The van der Waals surface area contributed by atoms with E-state index in [1.807, 2.05) is 0 Å². The van der Waals surface area contributed by atoms with Gasteiger partial charge in [0, 0.05) is 0 Å². The summed E-state index contributed by atoms with van der Waals surface area (Å²) in [7, 11) is 0. The molecule has 0 amide bonds. The molecule has 2 rings (SSSR count). The van der Waals surface area contributed by atoms with Crippen LogP contribution in [0, 0.1) is 20.8 Å². The van der Waals surface area contributed by atoms with E-state index < -0.39 is 0 Å². The van der Waals surface area contributed by atoms with Crippen LogP contribution >= 0.6 is 0 Å². The molecule has 0 N–H and O–H groups in total. The van der Waals surface area contributed by atoms with Crippen LogP contribution in [-0.2, 0) is 0 Å². The molecule has 1 aliphatic rings. The molecular weight excluding hydrogens is 144 g/mol. The maximum atomic E-state index is 2.31. The van der Waals surface area contributed by atoms with E-state index in [9.17, 15) is 0 Å². The number of aryl methyl sites for hydroxylation is 3. The molecule has 0 nitrogen and oxygen atoms in total. The van der Waals surface area contributed by atoms with E-state index in [0.29, 0.717) is 0 Å². The normalized spacial score (nSPS) is 16.6. The second kappa shape index (κ2) is 2.62. The maximum Gasteiger partial charge on any atom is -0.0156 e. The van der Waals surface area contributed by atoms with Gasteiger partial charge in [-0.25, -0.2) is 0 Å². The van der Waals surface area contributed by atoms with Crippen molar-refractivity contribution in [1.29, 1.82) is 0 Å². The zero-order valence-corrected chi connectivity index (χ0v) is 8.15. The highest BCUT2D eigenvalue weighted by Gasteiger charge is 2.26. The molecule has 1 aliphatic carbocycles. The summed E-state index contributed by atoms with van der Waals surface area (Å²) in [4.78, 5) is 0. The Morgan fingerprint density at radius 3 is 1.92 bits per heavy atom. The molecule has 0 heteroatoms. The van der Waals surface area contributed by atoms with E-state index in [2.05, 4.69) is 32.9 Å². The van der Waals surface area contributed by atoms with Crippen LogP contribution in [0.5, 0.6) is 0 Å². The van der Waals surface area contributed by atoms with E-state index in [-0.39, 0.29) is 0 Å². The van der Waals surface area contributed by atoms with Gasteiger partial charge in [0.05, 0.1) is 0 Å². The average Bonchev–Trinajstić information content (AvgIpc) is 2.68. The van der Waals surface area contributed by atoms with Gasteiger partial charge in [-0.05, 0) is 56.2 Å². The van der Waals surface area contributed by atoms with Crippen molar-refractivity contribution in [1.82, 2.24) is 0 Å². The van der Waals surface area contributed by atoms with Gasteiger partial charge in [0.2, 0.25) is 0 Å². The van der Waals surface area contributed by atoms with Crippen molar-refractivity contribution >= 4 is 0 Å². The van der Waals surface area contributed by atoms with Crippen LogP contribution in [0.4, 0.5) is 0 Å². The molecule has 0 aromatic heterocycles. The highest BCUT2D eigenvalue weighted by molar-refractivity contribution is 5.41. The Kier molecular flexibility index (Phi) is 1.71. The fourth-order valence-corrected chi connectivity index (χ4v) is 2.21. The lowest BCUT2D eigenvalue weighted by Gasteiger charge is -2.09. The second-order valence-electron chi connectivity index (χ2n) is 4.09. The second-order valence-corrected chi connectivity index (χ2v) is 4.09. The molecule has 0 unspecified atom stereocenters. The Morgan fingerprint density at radius 1 is 1.00 bits per heavy atom. The molecule has 1 aromatic rings. The van der Waals surface area contributed by atoms with Gasteiger partial charge in [-0.3, -0.25) is 0 Å². The van der Waals surface area contributed by atoms with Crippen LogP contribution in [-0.4, -0.2) is 0 Å². The molecule has 0 aliphatic heterocycles. The molecule has 0 bridgehead atoms. The van der Waals surface area contributed by atoms with Crippen molar-refractivity contribution in [2.75, 3.05) is 0 Å². The van der Waals surface area contributed by atoms with Gasteiger partial charge in [-0.1, -0.05) is 17.7 Å².